The standard InChI is InChI=1S/C26H23F3N4O3S/c1-33(22(34)19-9-5-8-18(14-19)21-31-23(36-32-21)26(27,28)29)16-25(10-12-35-13-11-25)24-30-20(15-37-24)17-6-3-2-4-7-17/h2-9,14-15H,10-13,16H2,1H3. The summed E-state index contributed by atoms with van der Waals surface area (Å²) in [4.78, 5) is 23.4. The fraction of sp³-hybridized carbons (Fsp3) is 0.308. The van der Waals surface area contributed by atoms with Gasteiger partial charge in [0, 0.05) is 54.3 Å². The molecule has 0 spiro atoms. The topological polar surface area (TPSA) is 81.4 Å². The minimum Gasteiger partial charge on any atom is -0.381 e. The van der Waals surface area contributed by atoms with Crippen LogP contribution in [0.25, 0.3) is 22.6 Å². The molecule has 1 fully saturated rings. The van der Waals surface area contributed by atoms with Gasteiger partial charge in [0.05, 0.1) is 5.69 Å². The summed E-state index contributed by atoms with van der Waals surface area (Å²) in [5, 5.41) is 6.41. The van der Waals surface area contributed by atoms with Gasteiger partial charge in [-0.25, -0.2) is 4.98 Å². The van der Waals surface area contributed by atoms with Crippen molar-refractivity contribution in [1.82, 2.24) is 20.0 Å². The monoisotopic (exact) mass is 528 g/mol. The van der Waals surface area contributed by atoms with Gasteiger partial charge in [-0.3, -0.25) is 4.79 Å². The smallest absolute Gasteiger partial charge is 0.381 e. The summed E-state index contributed by atoms with van der Waals surface area (Å²) in [7, 11) is 1.72. The Hall–Kier alpha value is -3.57. The van der Waals surface area contributed by atoms with Crippen molar-refractivity contribution in [3.63, 3.8) is 0 Å². The van der Waals surface area contributed by atoms with E-state index in [1.54, 1.807) is 35.4 Å². The van der Waals surface area contributed by atoms with Gasteiger partial charge < -0.3 is 14.2 Å². The zero-order chi connectivity index (χ0) is 26.0. The predicted molar refractivity (Wildman–Crippen MR) is 131 cm³/mol. The van der Waals surface area contributed by atoms with Crippen LogP contribution < -0.4 is 0 Å². The minimum absolute atomic E-state index is 0.234. The lowest BCUT2D eigenvalue weighted by Crippen LogP contribution is -2.45. The van der Waals surface area contributed by atoms with E-state index in [9.17, 15) is 18.0 Å². The predicted octanol–water partition coefficient (Wildman–Crippen LogP) is 5.70. The fourth-order valence-corrected chi connectivity index (χ4v) is 5.54. The number of hydrogen-bond donors (Lipinski definition) is 0. The van der Waals surface area contributed by atoms with Crippen LogP contribution in [0.3, 0.4) is 0 Å². The lowest BCUT2D eigenvalue weighted by Gasteiger charge is -2.38. The summed E-state index contributed by atoms with van der Waals surface area (Å²) in [6.07, 6.45) is -3.31. The molecule has 2 aromatic carbocycles. The first-order valence-corrected chi connectivity index (χ1v) is 12.5. The van der Waals surface area contributed by atoms with Gasteiger partial charge in [0.2, 0.25) is 5.82 Å². The van der Waals surface area contributed by atoms with Gasteiger partial charge in [-0.15, -0.1) is 11.3 Å². The number of halogens is 3. The molecule has 0 bridgehead atoms. The van der Waals surface area contributed by atoms with Crippen molar-refractivity contribution in [2.75, 3.05) is 26.8 Å². The third kappa shape index (κ3) is 5.28. The Morgan fingerprint density at radius 3 is 2.49 bits per heavy atom. The van der Waals surface area contributed by atoms with E-state index in [0.29, 0.717) is 25.3 Å². The van der Waals surface area contributed by atoms with E-state index < -0.39 is 12.1 Å². The molecule has 1 saturated heterocycles. The molecule has 0 atom stereocenters. The number of likely N-dealkylation sites (N-methyl/N-ethyl adjacent to an activating group) is 1. The third-order valence-corrected chi connectivity index (χ3v) is 7.49. The molecule has 1 aliphatic rings. The molecule has 192 valence electrons. The van der Waals surface area contributed by atoms with Gasteiger partial charge in [0.25, 0.3) is 5.91 Å². The van der Waals surface area contributed by atoms with E-state index in [0.717, 1.165) is 29.1 Å². The largest absolute Gasteiger partial charge is 0.471 e. The maximum absolute atomic E-state index is 13.4. The molecule has 0 aliphatic carbocycles. The average molecular weight is 529 g/mol. The molecule has 1 amide bonds. The van der Waals surface area contributed by atoms with Crippen LogP contribution in [-0.2, 0) is 16.3 Å². The number of alkyl halides is 3. The molecule has 4 aromatic rings. The molecule has 0 radical (unpaired) electrons. The van der Waals surface area contributed by atoms with Crippen LogP contribution in [0.1, 0.15) is 34.1 Å². The second kappa shape index (κ2) is 10.1. The number of rotatable bonds is 6. The first-order chi connectivity index (χ1) is 17.7. The number of thiazole rings is 1. The van der Waals surface area contributed by atoms with Crippen molar-refractivity contribution in [2.45, 2.75) is 24.4 Å². The molecular weight excluding hydrogens is 505 g/mol. The van der Waals surface area contributed by atoms with Crippen LogP contribution >= 0.6 is 11.3 Å². The maximum Gasteiger partial charge on any atom is 0.471 e. The number of carbonyl (C=O) groups excluding carboxylic acids is 1. The van der Waals surface area contributed by atoms with Gasteiger partial charge >= 0.3 is 12.1 Å². The van der Waals surface area contributed by atoms with Gasteiger partial charge in [0.15, 0.2) is 0 Å². The average Bonchev–Trinajstić information content (AvgIpc) is 3.60. The summed E-state index contributed by atoms with van der Waals surface area (Å²) in [6, 6.07) is 16.1. The Labute approximate surface area is 214 Å². The number of aromatic nitrogens is 3. The normalized spacial score (nSPS) is 15.5. The fourth-order valence-electron chi connectivity index (χ4n) is 4.45. The number of nitrogens with zero attached hydrogens (tertiary/aromatic N) is 4. The van der Waals surface area contributed by atoms with Gasteiger partial charge in [-0.1, -0.05) is 47.6 Å². The van der Waals surface area contributed by atoms with Crippen LogP contribution in [0.5, 0.6) is 0 Å². The molecule has 1 aliphatic heterocycles. The van der Waals surface area contributed by atoms with Gasteiger partial charge in [-0.05, 0) is 25.0 Å². The Morgan fingerprint density at radius 1 is 1.05 bits per heavy atom. The molecule has 0 unspecified atom stereocenters. The molecule has 0 N–H and O–H groups in total. The molecule has 37 heavy (non-hydrogen) atoms. The summed E-state index contributed by atoms with van der Waals surface area (Å²) in [5.41, 5.74) is 2.12. The molecule has 2 aromatic heterocycles. The van der Waals surface area contributed by atoms with Crippen molar-refractivity contribution >= 4 is 17.2 Å². The summed E-state index contributed by atoms with van der Waals surface area (Å²) < 4.78 is 48.5. The summed E-state index contributed by atoms with van der Waals surface area (Å²) in [6.45, 7) is 1.55. The number of hydrogen-bond acceptors (Lipinski definition) is 7. The highest BCUT2D eigenvalue weighted by Crippen LogP contribution is 2.39. The zero-order valence-corrected chi connectivity index (χ0v) is 20.7. The Balaban J connectivity index is 1.38. The van der Waals surface area contributed by atoms with Crippen molar-refractivity contribution in [3.05, 3.63) is 76.4 Å². The highest BCUT2D eigenvalue weighted by molar-refractivity contribution is 7.10. The van der Waals surface area contributed by atoms with E-state index >= 15 is 0 Å². The Bertz CT molecular complexity index is 1380. The Morgan fingerprint density at radius 2 is 1.78 bits per heavy atom. The van der Waals surface area contributed by atoms with Crippen LogP contribution in [0.2, 0.25) is 0 Å². The van der Waals surface area contributed by atoms with E-state index in [1.165, 1.54) is 12.1 Å². The molecule has 0 saturated carbocycles. The molecule has 3 heterocycles. The lowest BCUT2D eigenvalue weighted by atomic mass is 9.80. The first kappa shape index (κ1) is 25.1. The number of amides is 1. The van der Waals surface area contributed by atoms with E-state index in [1.807, 2.05) is 35.7 Å². The van der Waals surface area contributed by atoms with Gasteiger partial charge in [-0.2, -0.15) is 18.2 Å². The number of benzene rings is 2. The van der Waals surface area contributed by atoms with E-state index in [2.05, 4.69) is 14.7 Å². The highest BCUT2D eigenvalue weighted by Gasteiger charge is 2.40. The second-order valence-corrected chi connectivity index (χ2v) is 9.82. The zero-order valence-electron chi connectivity index (χ0n) is 19.9. The molecule has 11 heteroatoms. The van der Waals surface area contributed by atoms with E-state index in [-0.39, 0.29) is 22.7 Å². The van der Waals surface area contributed by atoms with E-state index in [4.69, 9.17) is 9.72 Å². The van der Waals surface area contributed by atoms with Crippen molar-refractivity contribution in [1.29, 1.82) is 0 Å². The Kier molecular flexibility index (Phi) is 6.82. The van der Waals surface area contributed by atoms with Gasteiger partial charge in [0.1, 0.15) is 5.01 Å². The highest BCUT2D eigenvalue weighted by atomic mass is 32.1. The minimum atomic E-state index is -4.74. The first-order valence-electron chi connectivity index (χ1n) is 11.6. The second-order valence-electron chi connectivity index (χ2n) is 8.96. The molecule has 7 nitrogen and oxygen atoms in total. The molecular formula is C26H23F3N4O3S. The van der Waals surface area contributed by atoms with Crippen LogP contribution in [0.15, 0.2) is 64.5 Å². The maximum atomic E-state index is 13.4. The summed E-state index contributed by atoms with van der Waals surface area (Å²) >= 11 is 1.58. The lowest BCUT2D eigenvalue weighted by molar-refractivity contribution is -0.159. The quantitative estimate of drug-likeness (QED) is 0.319. The van der Waals surface area contributed by atoms with Crippen LogP contribution in [-0.4, -0.2) is 52.7 Å². The van der Waals surface area contributed by atoms with Crippen molar-refractivity contribution in [2.24, 2.45) is 0 Å². The van der Waals surface area contributed by atoms with Crippen molar-refractivity contribution < 1.29 is 27.2 Å². The van der Waals surface area contributed by atoms with Crippen molar-refractivity contribution in [3.8, 4) is 22.6 Å². The van der Waals surface area contributed by atoms with Crippen LogP contribution in [0.4, 0.5) is 13.2 Å². The third-order valence-electron chi connectivity index (χ3n) is 6.40. The number of ether oxygens (including phenoxy) is 1. The SMILES string of the molecule is CN(CC1(c2nc(-c3ccccc3)cs2)CCOCC1)C(=O)c1cccc(-c2noc(C(F)(F)F)n2)c1. The number of carbonyl (C=O) groups is 1. The summed E-state index contributed by atoms with van der Waals surface area (Å²) in [5.74, 6) is -1.94. The van der Waals surface area contributed by atoms with Crippen LogP contribution in [0, 0.1) is 0 Å². The molecule has 5 rings (SSSR count).